The minimum Gasteiger partial charge on any atom is -0.354 e. The van der Waals surface area contributed by atoms with Crippen LogP contribution in [0.15, 0.2) is 47.6 Å². The number of piperidine rings is 1. The fourth-order valence-corrected chi connectivity index (χ4v) is 3.50. The summed E-state index contributed by atoms with van der Waals surface area (Å²) >= 11 is 1.40. The molecule has 2 heterocycles. The van der Waals surface area contributed by atoms with Gasteiger partial charge in [-0.1, -0.05) is 12.1 Å². The lowest BCUT2D eigenvalue weighted by molar-refractivity contribution is -0.124. The molecule has 3 rings (SSSR count). The van der Waals surface area contributed by atoms with Gasteiger partial charge in [-0.3, -0.25) is 9.59 Å². The monoisotopic (exact) mass is 359 g/mol. The van der Waals surface area contributed by atoms with Crippen molar-refractivity contribution in [3.63, 3.8) is 0 Å². The Balaban J connectivity index is 1.68. The van der Waals surface area contributed by atoms with Crippen molar-refractivity contribution in [3.05, 3.63) is 59.5 Å². The van der Waals surface area contributed by atoms with Crippen molar-refractivity contribution < 1.29 is 14.0 Å². The molecule has 0 saturated carbocycles. The summed E-state index contributed by atoms with van der Waals surface area (Å²) in [7, 11) is 0. The van der Waals surface area contributed by atoms with Gasteiger partial charge in [-0.05, 0) is 42.7 Å². The van der Waals surface area contributed by atoms with Crippen LogP contribution in [0, 0.1) is 5.82 Å². The van der Waals surface area contributed by atoms with Crippen LogP contribution in [0.2, 0.25) is 0 Å². The number of hydrogen-bond donors (Lipinski definition) is 2. The molecule has 5 nitrogen and oxygen atoms in total. The first kappa shape index (κ1) is 17.4. The molecule has 1 saturated heterocycles. The lowest BCUT2D eigenvalue weighted by atomic mass is 10.1. The van der Waals surface area contributed by atoms with Crippen LogP contribution in [0.1, 0.15) is 28.8 Å². The van der Waals surface area contributed by atoms with E-state index in [1.165, 1.54) is 23.9 Å². The number of halogens is 1. The number of carbonyl (C=O) groups excluding carboxylic acids is 2. The van der Waals surface area contributed by atoms with Gasteiger partial charge in [0.1, 0.15) is 16.9 Å². The van der Waals surface area contributed by atoms with Gasteiger partial charge in [0.25, 0.3) is 5.91 Å². The first-order valence-electron chi connectivity index (χ1n) is 8.04. The average Bonchev–Trinajstić information content (AvgIpc) is 2.63. The van der Waals surface area contributed by atoms with Gasteiger partial charge >= 0.3 is 0 Å². The fourth-order valence-electron chi connectivity index (χ4n) is 2.56. The summed E-state index contributed by atoms with van der Waals surface area (Å²) in [5.41, 5.74) is 1.38. The van der Waals surface area contributed by atoms with E-state index >= 15 is 0 Å². The van der Waals surface area contributed by atoms with Gasteiger partial charge in [0.05, 0.1) is 5.56 Å². The third-order valence-electron chi connectivity index (χ3n) is 3.90. The molecule has 2 aromatic rings. The van der Waals surface area contributed by atoms with Gasteiger partial charge in [0, 0.05) is 18.5 Å². The Labute approximate surface area is 149 Å². The summed E-state index contributed by atoms with van der Waals surface area (Å²) in [6.07, 6.45) is 3.10. The Kier molecular flexibility index (Phi) is 5.65. The highest BCUT2D eigenvalue weighted by molar-refractivity contribution is 7.98. The molecular weight excluding hydrogens is 341 g/mol. The molecule has 2 N–H and O–H groups in total. The molecule has 1 aliphatic heterocycles. The van der Waals surface area contributed by atoms with Gasteiger partial charge in [0.15, 0.2) is 0 Å². The molecule has 0 radical (unpaired) electrons. The van der Waals surface area contributed by atoms with Gasteiger partial charge < -0.3 is 10.6 Å². The maximum atomic E-state index is 13.0. The highest BCUT2D eigenvalue weighted by atomic mass is 32.2. The van der Waals surface area contributed by atoms with Gasteiger partial charge in [-0.15, -0.1) is 11.8 Å². The fraction of sp³-hybridized carbons (Fsp3) is 0.278. The molecule has 1 aliphatic rings. The summed E-state index contributed by atoms with van der Waals surface area (Å²) in [6, 6.07) is 9.10. The molecule has 1 atom stereocenters. The third-order valence-corrected chi connectivity index (χ3v) is 4.97. The minimum atomic E-state index is -0.503. The Morgan fingerprint density at radius 2 is 2.12 bits per heavy atom. The van der Waals surface area contributed by atoms with Crippen LogP contribution >= 0.6 is 11.8 Å². The van der Waals surface area contributed by atoms with E-state index in [1.54, 1.807) is 30.5 Å². The molecule has 1 aromatic heterocycles. The van der Waals surface area contributed by atoms with Gasteiger partial charge in [0.2, 0.25) is 5.91 Å². The number of nitrogens with zero attached hydrogens (tertiary/aromatic N) is 1. The molecule has 0 spiro atoms. The van der Waals surface area contributed by atoms with Crippen LogP contribution in [0.4, 0.5) is 4.39 Å². The predicted molar refractivity (Wildman–Crippen MR) is 93.7 cm³/mol. The average molecular weight is 359 g/mol. The summed E-state index contributed by atoms with van der Waals surface area (Å²) in [5, 5.41) is 6.11. The number of pyridine rings is 1. The highest BCUT2D eigenvalue weighted by Gasteiger charge is 2.25. The zero-order valence-electron chi connectivity index (χ0n) is 13.5. The lowest BCUT2D eigenvalue weighted by Gasteiger charge is -2.23. The topological polar surface area (TPSA) is 71.1 Å². The van der Waals surface area contributed by atoms with E-state index in [1.807, 2.05) is 0 Å². The maximum Gasteiger partial charge on any atom is 0.254 e. The zero-order valence-corrected chi connectivity index (χ0v) is 14.3. The first-order valence-corrected chi connectivity index (χ1v) is 9.03. The summed E-state index contributed by atoms with van der Waals surface area (Å²) in [6.45, 7) is 0.650. The lowest BCUT2D eigenvalue weighted by Crippen LogP contribution is -2.50. The number of thioether (sulfide) groups is 1. The predicted octanol–water partition coefficient (Wildman–Crippen LogP) is 2.52. The second-order valence-electron chi connectivity index (χ2n) is 5.73. The molecular formula is C18H18FN3O2S. The van der Waals surface area contributed by atoms with Crippen molar-refractivity contribution in [3.8, 4) is 0 Å². The summed E-state index contributed by atoms with van der Waals surface area (Å²) in [5.74, 6) is -0.167. The second-order valence-corrected chi connectivity index (χ2v) is 6.69. The molecule has 130 valence electrons. The summed E-state index contributed by atoms with van der Waals surface area (Å²) < 4.78 is 13.0. The van der Waals surface area contributed by atoms with Crippen LogP contribution < -0.4 is 10.6 Å². The second kappa shape index (κ2) is 8.11. The number of aromatic nitrogens is 1. The largest absolute Gasteiger partial charge is 0.354 e. The number of rotatable bonds is 5. The third kappa shape index (κ3) is 4.57. The number of nitrogens with one attached hydrogen (secondary N) is 2. The Morgan fingerprint density at radius 1 is 1.32 bits per heavy atom. The molecule has 25 heavy (non-hydrogen) atoms. The molecule has 0 aliphatic carbocycles. The van der Waals surface area contributed by atoms with E-state index in [2.05, 4.69) is 15.6 Å². The molecule has 7 heteroatoms. The van der Waals surface area contributed by atoms with Crippen LogP contribution in [-0.2, 0) is 10.5 Å². The SMILES string of the molecule is O=C(N[C@@H]1CCCNC1=O)c1cccnc1SCc1ccc(F)cc1. The van der Waals surface area contributed by atoms with Crippen molar-refractivity contribution in [2.45, 2.75) is 29.7 Å². The van der Waals surface area contributed by atoms with Crippen molar-refractivity contribution in [1.82, 2.24) is 15.6 Å². The van der Waals surface area contributed by atoms with E-state index in [4.69, 9.17) is 0 Å². The van der Waals surface area contributed by atoms with Crippen LogP contribution in [0.5, 0.6) is 0 Å². The van der Waals surface area contributed by atoms with E-state index in [0.29, 0.717) is 29.3 Å². The van der Waals surface area contributed by atoms with Crippen molar-refractivity contribution in [2.24, 2.45) is 0 Å². The van der Waals surface area contributed by atoms with Crippen molar-refractivity contribution >= 4 is 23.6 Å². The van der Waals surface area contributed by atoms with Crippen LogP contribution in [0.25, 0.3) is 0 Å². The highest BCUT2D eigenvalue weighted by Crippen LogP contribution is 2.24. The van der Waals surface area contributed by atoms with Gasteiger partial charge in [-0.25, -0.2) is 9.37 Å². The van der Waals surface area contributed by atoms with Crippen LogP contribution in [-0.4, -0.2) is 29.4 Å². The Bertz CT molecular complexity index is 767. The van der Waals surface area contributed by atoms with E-state index in [9.17, 15) is 14.0 Å². The molecule has 2 amide bonds. The molecule has 1 aromatic carbocycles. The van der Waals surface area contributed by atoms with Crippen molar-refractivity contribution in [2.75, 3.05) is 6.54 Å². The standard InChI is InChI=1S/C18H18FN3O2S/c19-13-7-5-12(6-8-13)11-25-18-14(3-1-10-21-18)16(23)22-15-4-2-9-20-17(15)24/h1,3,5-8,10,15H,2,4,9,11H2,(H,20,24)(H,22,23)/t15-/m1/s1. The van der Waals surface area contributed by atoms with Crippen LogP contribution in [0.3, 0.4) is 0 Å². The Hall–Kier alpha value is -2.41. The maximum absolute atomic E-state index is 13.0. The number of benzene rings is 1. The number of hydrogen-bond acceptors (Lipinski definition) is 4. The van der Waals surface area contributed by atoms with Crippen molar-refractivity contribution in [1.29, 1.82) is 0 Å². The number of carbonyl (C=O) groups is 2. The smallest absolute Gasteiger partial charge is 0.254 e. The zero-order chi connectivity index (χ0) is 17.6. The Morgan fingerprint density at radius 3 is 2.88 bits per heavy atom. The number of amides is 2. The van der Waals surface area contributed by atoms with E-state index < -0.39 is 6.04 Å². The van der Waals surface area contributed by atoms with E-state index in [0.717, 1.165) is 12.0 Å². The normalized spacial score (nSPS) is 17.0. The van der Waals surface area contributed by atoms with Gasteiger partial charge in [-0.2, -0.15) is 0 Å². The molecule has 0 bridgehead atoms. The quantitative estimate of drug-likeness (QED) is 0.805. The first-order chi connectivity index (χ1) is 12.1. The molecule has 0 unspecified atom stereocenters. The minimum absolute atomic E-state index is 0.149. The summed E-state index contributed by atoms with van der Waals surface area (Å²) in [4.78, 5) is 28.6. The molecule has 1 fully saturated rings. The van der Waals surface area contributed by atoms with E-state index in [-0.39, 0.29) is 17.6 Å².